The number of amides is 1. The van der Waals surface area contributed by atoms with E-state index >= 15 is 0 Å². The fraction of sp³-hybridized carbons (Fsp3) is 0.118. The third kappa shape index (κ3) is 4.55. The molecule has 0 bridgehead atoms. The zero-order chi connectivity index (χ0) is 21.3. The average molecular weight is 519 g/mol. The molecule has 0 radical (unpaired) electrons. The first kappa shape index (κ1) is 21.6. The summed E-state index contributed by atoms with van der Waals surface area (Å²) >= 11 is 13.6. The number of amidine groups is 2. The molecule has 1 unspecified atom stereocenters. The second-order valence-corrected chi connectivity index (χ2v) is 8.45. The third-order valence-corrected chi connectivity index (χ3v) is 5.93. The van der Waals surface area contributed by atoms with Gasteiger partial charge in [-0.15, -0.1) is 8.80 Å². The molecule has 0 aromatic heterocycles. The summed E-state index contributed by atoms with van der Waals surface area (Å²) in [6.07, 6.45) is 0. The zero-order valence-electron chi connectivity index (χ0n) is 15.0. The molecule has 1 atom stereocenters. The minimum atomic E-state index is -1.87. The summed E-state index contributed by atoms with van der Waals surface area (Å²) in [5.41, 5.74) is 0.696. The van der Waals surface area contributed by atoms with Gasteiger partial charge in [0, 0.05) is 18.6 Å². The van der Waals surface area contributed by atoms with E-state index in [4.69, 9.17) is 23.2 Å². The zero-order valence-corrected chi connectivity index (χ0v) is 18.9. The van der Waals surface area contributed by atoms with Crippen LogP contribution in [-0.4, -0.2) is 45.9 Å². The largest absolute Gasteiger partial charge is 0.505 e. The molecule has 0 aliphatic carbocycles. The molecule has 29 heavy (non-hydrogen) atoms. The number of rotatable bonds is 3. The van der Waals surface area contributed by atoms with E-state index in [1.165, 1.54) is 4.90 Å². The lowest BCUT2D eigenvalue weighted by Crippen LogP contribution is -2.28. The van der Waals surface area contributed by atoms with Crippen molar-refractivity contribution in [3.05, 3.63) is 50.4 Å². The van der Waals surface area contributed by atoms with Gasteiger partial charge in [0.25, 0.3) is 17.1 Å². The molecule has 2 aromatic rings. The lowest BCUT2D eigenvalue weighted by Gasteiger charge is -2.17. The van der Waals surface area contributed by atoms with Gasteiger partial charge >= 0.3 is 0 Å². The molecule has 3 N–H and O–H groups in total. The van der Waals surface area contributed by atoms with Crippen LogP contribution in [0.2, 0.25) is 10.0 Å². The van der Waals surface area contributed by atoms with Crippen molar-refractivity contribution in [2.75, 3.05) is 24.7 Å². The van der Waals surface area contributed by atoms with Crippen molar-refractivity contribution in [3.63, 3.8) is 0 Å². The van der Waals surface area contributed by atoms with Gasteiger partial charge in [-0.05, 0) is 40.2 Å². The predicted octanol–water partition coefficient (Wildman–Crippen LogP) is 4.08. The number of carbonyl (C=O) groups is 1. The molecule has 0 spiro atoms. The van der Waals surface area contributed by atoms with E-state index in [9.17, 15) is 14.1 Å². The molecule has 3 rings (SSSR count). The second kappa shape index (κ2) is 8.70. The molecular weight excluding hydrogens is 505 g/mol. The molecular formula is C17H14BrCl2N5O3S. The van der Waals surface area contributed by atoms with Gasteiger partial charge in [-0.25, -0.2) is 4.21 Å². The van der Waals surface area contributed by atoms with Gasteiger partial charge in [0.1, 0.15) is 0 Å². The Labute approximate surface area is 187 Å². The minimum absolute atomic E-state index is 0.0732. The smallest absolute Gasteiger partial charge is 0.269 e. The summed E-state index contributed by atoms with van der Waals surface area (Å²) in [6, 6.07) is 8.12. The number of hydrogen-bond donors (Lipinski definition) is 3. The summed E-state index contributed by atoms with van der Waals surface area (Å²) in [5.74, 6) is -0.457. The van der Waals surface area contributed by atoms with E-state index in [1.54, 1.807) is 44.4 Å². The van der Waals surface area contributed by atoms with Gasteiger partial charge in [0.05, 0.1) is 27.0 Å². The highest BCUT2D eigenvalue weighted by Crippen LogP contribution is 2.35. The number of carbonyl (C=O) groups excluding carboxylic acids is 1. The van der Waals surface area contributed by atoms with Crippen LogP contribution in [-0.2, 0) is 11.2 Å². The predicted molar refractivity (Wildman–Crippen MR) is 121 cm³/mol. The Morgan fingerprint density at radius 1 is 1.10 bits per heavy atom. The Morgan fingerprint density at radius 2 is 1.72 bits per heavy atom. The van der Waals surface area contributed by atoms with Gasteiger partial charge in [-0.2, -0.15) is 0 Å². The van der Waals surface area contributed by atoms with Gasteiger partial charge in [-0.1, -0.05) is 29.3 Å². The molecule has 0 saturated heterocycles. The van der Waals surface area contributed by atoms with Crippen molar-refractivity contribution in [3.8, 4) is 5.75 Å². The van der Waals surface area contributed by atoms with Crippen LogP contribution in [0.5, 0.6) is 5.75 Å². The first-order valence-corrected chi connectivity index (χ1v) is 10.6. The Morgan fingerprint density at radius 3 is 2.34 bits per heavy atom. The van der Waals surface area contributed by atoms with E-state index in [0.717, 1.165) is 0 Å². The van der Waals surface area contributed by atoms with E-state index < -0.39 is 17.1 Å². The van der Waals surface area contributed by atoms with Crippen LogP contribution in [0.25, 0.3) is 0 Å². The van der Waals surface area contributed by atoms with E-state index in [0.29, 0.717) is 15.2 Å². The SMILES string of the molecule is CN(C)C(=O)c1c(Br)ccc(NC2=NS(=O)N=C2Nc2cccc(Cl)c2Cl)c1O. The Balaban J connectivity index is 1.92. The summed E-state index contributed by atoms with van der Waals surface area (Å²) in [5, 5.41) is 17.0. The topological polar surface area (TPSA) is 106 Å². The summed E-state index contributed by atoms with van der Waals surface area (Å²) < 4.78 is 20.1. The summed E-state index contributed by atoms with van der Waals surface area (Å²) in [4.78, 5) is 13.7. The second-order valence-electron chi connectivity index (χ2n) is 5.98. The van der Waals surface area contributed by atoms with Crippen LogP contribution in [0.1, 0.15) is 10.4 Å². The van der Waals surface area contributed by atoms with Gasteiger partial charge < -0.3 is 20.6 Å². The normalized spacial score (nSPS) is 15.6. The quantitative estimate of drug-likeness (QED) is 0.531. The van der Waals surface area contributed by atoms with Crippen molar-refractivity contribution < 1.29 is 14.1 Å². The van der Waals surface area contributed by atoms with Crippen LogP contribution in [0, 0.1) is 0 Å². The maximum absolute atomic E-state index is 12.4. The molecule has 0 saturated carbocycles. The molecule has 0 fully saturated rings. The first-order chi connectivity index (χ1) is 13.7. The number of benzene rings is 2. The molecule has 1 aliphatic rings. The lowest BCUT2D eigenvalue weighted by atomic mass is 10.1. The van der Waals surface area contributed by atoms with E-state index in [2.05, 4.69) is 35.4 Å². The molecule has 2 aromatic carbocycles. The maximum atomic E-state index is 12.4. The van der Waals surface area contributed by atoms with Crippen LogP contribution in [0.4, 0.5) is 11.4 Å². The van der Waals surface area contributed by atoms with Crippen LogP contribution >= 0.6 is 39.1 Å². The molecule has 12 heteroatoms. The fourth-order valence-electron chi connectivity index (χ4n) is 2.38. The van der Waals surface area contributed by atoms with Crippen LogP contribution in [0.15, 0.2) is 43.6 Å². The molecule has 1 aliphatic heterocycles. The lowest BCUT2D eigenvalue weighted by molar-refractivity contribution is 0.0824. The standard InChI is InChI=1S/C17H14BrCl2N5O3S/c1-25(2)17(27)12-8(18)6-7-11(14(12)26)22-16-15(23-29(28)24-16)21-10-5-3-4-9(19)13(10)20/h3-7,26H,1-2H3,(H,21,23)(H,22,24). The number of hydrogen-bond acceptors (Lipinski definition) is 5. The van der Waals surface area contributed by atoms with Gasteiger partial charge in [-0.3, -0.25) is 4.79 Å². The van der Waals surface area contributed by atoms with Crippen LogP contribution < -0.4 is 10.6 Å². The average Bonchev–Trinajstić information content (AvgIpc) is 3.00. The van der Waals surface area contributed by atoms with Crippen molar-refractivity contribution in [1.29, 1.82) is 0 Å². The molecule has 1 heterocycles. The number of aromatic hydroxyl groups is 1. The van der Waals surface area contributed by atoms with Crippen molar-refractivity contribution >= 4 is 79.3 Å². The van der Waals surface area contributed by atoms with E-state index in [1.807, 2.05) is 0 Å². The molecule has 152 valence electrons. The van der Waals surface area contributed by atoms with Crippen molar-refractivity contribution in [2.45, 2.75) is 0 Å². The molecule has 1 amide bonds. The summed E-state index contributed by atoms with van der Waals surface area (Å²) in [7, 11) is 3.14. The highest BCUT2D eigenvalue weighted by Gasteiger charge is 2.24. The number of anilines is 2. The first-order valence-electron chi connectivity index (χ1n) is 8.00. The van der Waals surface area contributed by atoms with E-state index in [-0.39, 0.29) is 33.7 Å². The number of phenolic OH excluding ortho intramolecular Hbond substituents is 1. The number of halogens is 3. The number of nitrogens with one attached hydrogen (secondary N) is 2. The van der Waals surface area contributed by atoms with Crippen LogP contribution in [0.3, 0.4) is 0 Å². The Bertz CT molecular complexity index is 1090. The highest BCUT2D eigenvalue weighted by atomic mass is 79.9. The highest BCUT2D eigenvalue weighted by molar-refractivity contribution is 9.10. The maximum Gasteiger partial charge on any atom is 0.269 e. The van der Waals surface area contributed by atoms with Crippen molar-refractivity contribution in [1.82, 2.24) is 4.90 Å². The Kier molecular flexibility index (Phi) is 6.47. The monoisotopic (exact) mass is 517 g/mol. The van der Waals surface area contributed by atoms with Crippen molar-refractivity contribution in [2.24, 2.45) is 8.80 Å². The van der Waals surface area contributed by atoms with Gasteiger partial charge in [0.15, 0.2) is 17.4 Å². The fourth-order valence-corrected chi connectivity index (χ4v) is 3.83. The number of phenols is 1. The number of nitrogens with zero attached hydrogens (tertiary/aromatic N) is 3. The minimum Gasteiger partial charge on any atom is -0.505 e. The summed E-state index contributed by atoms with van der Waals surface area (Å²) in [6.45, 7) is 0. The molecule has 8 nitrogen and oxygen atoms in total. The third-order valence-electron chi connectivity index (χ3n) is 3.77. The van der Waals surface area contributed by atoms with Gasteiger partial charge in [0.2, 0.25) is 0 Å². The Hall–Kier alpha value is -2.14.